The van der Waals surface area contributed by atoms with Crippen molar-refractivity contribution >= 4 is 23.2 Å². The van der Waals surface area contributed by atoms with E-state index in [2.05, 4.69) is 17.6 Å². The highest BCUT2D eigenvalue weighted by Gasteiger charge is 2.27. The third-order valence-electron chi connectivity index (χ3n) is 5.19. The quantitative estimate of drug-likeness (QED) is 0.555. The first-order valence-corrected chi connectivity index (χ1v) is 10.5. The molecule has 2 N–H and O–H groups in total. The van der Waals surface area contributed by atoms with Crippen molar-refractivity contribution < 1.29 is 9.59 Å². The normalized spacial score (nSPS) is 11.7. The molecule has 0 saturated carbocycles. The van der Waals surface area contributed by atoms with Crippen LogP contribution in [0.5, 0.6) is 0 Å². The molecule has 0 spiro atoms. The number of likely N-dealkylation sites (N-methyl/N-ethyl adjacent to an activating group) is 1. The summed E-state index contributed by atoms with van der Waals surface area (Å²) in [5, 5.41) is 5.96. The lowest BCUT2D eigenvalue weighted by atomic mass is 10.0. The van der Waals surface area contributed by atoms with Gasteiger partial charge in [-0.1, -0.05) is 73.2 Å². The third-order valence-corrected chi connectivity index (χ3v) is 5.19. The molecule has 0 fully saturated rings. The van der Waals surface area contributed by atoms with Crippen LogP contribution in [0.25, 0.3) is 0 Å². The zero-order chi connectivity index (χ0) is 22.2. The Morgan fingerprint density at radius 2 is 1.52 bits per heavy atom. The molecule has 5 nitrogen and oxygen atoms in total. The largest absolute Gasteiger partial charge is 0.325 e. The molecule has 0 aliphatic rings. The highest BCUT2D eigenvalue weighted by atomic mass is 16.2. The lowest BCUT2D eigenvalue weighted by Gasteiger charge is -2.27. The molecule has 0 aliphatic carbocycles. The maximum Gasteiger partial charge on any atom is 0.246 e. The highest BCUT2D eigenvalue weighted by Crippen LogP contribution is 2.22. The number of nitrogens with zero attached hydrogens (tertiary/aromatic N) is 1. The predicted molar refractivity (Wildman–Crippen MR) is 126 cm³/mol. The number of hydrogen-bond acceptors (Lipinski definition) is 3. The monoisotopic (exact) mass is 415 g/mol. The summed E-state index contributed by atoms with van der Waals surface area (Å²) in [6.07, 6.45) is 0.831. The standard InChI is InChI=1S/C26H29N3O2/c1-4-20-10-8-9-13-23(20)28-24(30)18-29(3)25(21-11-6-5-7-12-21)26(31)27-22-16-14-19(2)15-17-22/h5-17,25H,4,18H2,1-3H3,(H,27,31)(H,28,30)/t25-/m1/s1. The average molecular weight is 416 g/mol. The molecule has 0 unspecified atom stereocenters. The first-order valence-electron chi connectivity index (χ1n) is 10.5. The van der Waals surface area contributed by atoms with E-state index in [1.165, 1.54) is 0 Å². The molecule has 3 aromatic carbocycles. The van der Waals surface area contributed by atoms with Gasteiger partial charge in [0.2, 0.25) is 11.8 Å². The van der Waals surface area contributed by atoms with Crippen molar-refractivity contribution in [3.63, 3.8) is 0 Å². The van der Waals surface area contributed by atoms with Crippen LogP contribution in [0.2, 0.25) is 0 Å². The molecule has 5 heteroatoms. The molecular formula is C26H29N3O2. The van der Waals surface area contributed by atoms with E-state index in [4.69, 9.17) is 0 Å². The Balaban J connectivity index is 1.76. The average Bonchev–Trinajstić information content (AvgIpc) is 2.76. The number of rotatable bonds is 8. The summed E-state index contributed by atoms with van der Waals surface area (Å²) in [7, 11) is 1.79. The number of hydrogen-bond donors (Lipinski definition) is 2. The molecule has 160 valence electrons. The van der Waals surface area contributed by atoms with E-state index < -0.39 is 6.04 Å². The number of para-hydroxylation sites is 1. The number of nitrogens with one attached hydrogen (secondary N) is 2. The molecule has 0 heterocycles. The summed E-state index contributed by atoms with van der Waals surface area (Å²) in [5.41, 5.74) is 4.57. The van der Waals surface area contributed by atoms with Crippen molar-refractivity contribution in [2.24, 2.45) is 0 Å². The van der Waals surface area contributed by atoms with Gasteiger partial charge >= 0.3 is 0 Å². The molecule has 0 aromatic heterocycles. The van der Waals surface area contributed by atoms with Crippen molar-refractivity contribution in [3.05, 3.63) is 95.6 Å². The Morgan fingerprint density at radius 3 is 2.19 bits per heavy atom. The number of carbonyl (C=O) groups excluding carboxylic acids is 2. The van der Waals surface area contributed by atoms with Gasteiger partial charge in [-0.2, -0.15) is 0 Å². The van der Waals surface area contributed by atoms with Crippen LogP contribution < -0.4 is 10.6 Å². The van der Waals surface area contributed by atoms with Gasteiger partial charge < -0.3 is 10.6 Å². The van der Waals surface area contributed by atoms with Crippen molar-refractivity contribution in [2.45, 2.75) is 26.3 Å². The van der Waals surface area contributed by atoms with Gasteiger partial charge in [0, 0.05) is 11.4 Å². The number of amides is 2. The molecule has 0 bridgehead atoms. The fourth-order valence-corrected chi connectivity index (χ4v) is 3.55. The van der Waals surface area contributed by atoms with Crippen LogP contribution in [-0.4, -0.2) is 30.3 Å². The molecule has 0 radical (unpaired) electrons. The smallest absolute Gasteiger partial charge is 0.246 e. The van der Waals surface area contributed by atoms with E-state index in [0.29, 0.717) is 0 Å². The fourth-order valence-electron chi connectivity index (χ4n) is 3.55. The second-order valence-electron chi connectivity index (χ2n) is 7.64. The van der Waals surface area contributed by atoms with Gasteiger partial charge in [0.05, 0.1) is 6.54 Å². The Bertz CT molecular complexity index is 1020. The summed E-state index contributed by atoms with van der Waals surface area (Å²) >= 11 is 0. The first kappa shape index (κ1) is 22.2. The molecule has 3 rings (SSSR count). The lowest BCUT2D eigenvalue weighted by molar-refractivity contribution is -0.123. The fraction of sp³-hybridized carbons (Fsp3) is 0.231. The Kier molecular flexibility index (Phi) is 7.57. The number of anilines is 2. The van der Waals surface area contributed by atoms with E-state index in [0.717, 1.165) is 34.5 Å². The summed E-state index contributed by atoms with van der Waals surface area (Å²) < 4.78 is 0. The van der Waals surface area contributed by atoms with Crippen molar-refractivity contribution in [3.8, 4) is 0 Å². The van der Waals surface area contributed by atoms with Crippen LogP contribution in [0.1, 0.15) is 29.7 Å². The van der Waals surface area contributed by atoms with Crippen LogP contribution >= 0.6 is 0 Å². The van der Waals surface area contributed by atoms with Crippen LogP contribution in [0.3, 0.4) is 0 Å². The van der Waals surface area contributed by atoms with Crippen LogP contribution in [0, 0.1) is 6.92 Å². The number of carbonyl (C=O) groups is 2. The van der Waals surface area contributed by atoms with Crippen LogP contribution in [-0.2, 0) is 16.0 Å². The van der Waals surface area contributed by atoms with Crippen molar-refractivity contribution in [1.82, 2.24) is 4.90 Å². The molecule has 3 aromatic rings. The van der Waals surface area contributed by atoms with Gasteiger partial charge in [0.25, 0.3) is 0 Å². The van der Waals surface area contributed by atoms with Crippen molar-refractivity contribution in [1.29, 1.82) is 0 Å². The highest BCUT2D eigenvalue weighted by molar-refractivity contribution is 5.97. The van der Waals surface area contributed by atoms with Gasteiger partial charge in [0.1, 0.15) is 6.04 Å². The Morgan fingerprint density at radius 1 is 0.871 bits per heavy atom. The van der Waals surface area contributed by atoms with Gasteiger partial charge in [-0.15, -0.1) is 0 Å². The third kappa shape index (κ3) is 6.03. The number of aryl methyl sites for hydroxylation is 2. The van der Waals surface area contributed by atoms with E-state index >= 15 is 0 Å². The molecule has 31 heavy (non-hydrogen) atoms. The molecule has 0 saturated heterocycles. The minimum absolute atomic E-state index is 0.0823. The van der Waals surface area contributed by atoms with Crippen LogP contribution in [0.15, 0.2) is 78.9 Å². The lowest BCUT2D eigenvalue weighted by Crippen LogP contribution is -2.39. The second kappa shape index (κ2) is 10.5. The Hall–Kier alpha value is -3.44. The van der Waals surface area contributed by atoms with Gasteiger partial charge in [-0.3, -0.25) is 14.5 Å². The van der Waals surface area contributed by atoms with Gasteiger partial charge in [-0.25, -0.2) is 0 Å². The molecule has 1 atom stereocenters. The Labute approximate surface area is 184 Å². The number of benzene rings is 3. The first-order chi connectivity index (χ1) is 15.0. The van der Waals surface area contributed by atoms with E-state index in [9.17, 15) is 9.59 Å². The zero-order valence-electron chi connectivity index (χ0n) is 18.3. The minimum atomic E-state index is -0.602. The summed E-state index contributed by atoms with van der Waals surface area (Å²) in [4.78, 5) is 27.7. The summed E-state index contributed by atoms with van der Waals surface area (Å²) in [5.74, 6) is -0.341. The van der Waals surface area contributed by atoms with Gasteiger partial charge in [-0.05, 0) is 49.7 Å². The SMILES string of the molecule is CCc1ccccc1NC(=O)CN(C)[C@@H](C(=O)Nc1ccc(C)cc1)c1ccccc1. The molecule has 0 aliphatic heterocycles. The molecule has 2 amide bonds. The summed E-state index contributed by atoms with van der Waals surface area (Å²) in [6, 6.07) is 24.3. The molecular weight excluding hydrogens is 386 g/mol. The minimum Gasteiger partial charge on any atom is -0.325 e. The maximum atomic E-state index is 13.2. The maximum absolute atomic E-state index is 13.2. The zero-order valence-corrected chi connectivity index (χ0v) is 18.3. The predicted octanol–water partition coefficient (Wildman–Crippen LogP) is 4.81. The van der Waals surface area contributed by atoms with E-state index in [1.54, 1.807) is 11.9 Å². The van der Waals surface area contributed by atoms with E-state index in [1.807, 2.05) is 85.8 Å². The van der Waals surface area contributed by atoms with E-state index in [-0.39, 0.29) is 18.4 Å². The van der Waals surface area contributed by atoms with Crippen molar-refractivity contribution in [2.75, 3.05) is 24.2 Å². The van der Waals surface area contributed by atoms with Crippen LogP contribution in [0.4, 0.5) is 11.4 Å². The summed E-state index contributed by atoms with van der Waals surface area (Å²) in [6.45, 7) is 4.14. The van der Waals surface area contributed by atoms with Gasteiger partial charge in [0.15, 0.2) is 0 Å². The topological polar surface area (TPSA) is 61.4 Å². The second-order valence-corrected chi connectivity index (χ2v) is 7.64.